The van der Waals surface area contributed by atoms with Gasteiger partial charge in [-0.2, -0.15) is 0 Å². The van der Waals surface area contributed by atoms with Crippen LogP contribution in [-0.4, -0.2) is 0 Å². The Kier molecular flexibility index (Phi) is 4.97. The van der Waals surface area contributed by atoms with E-state index in [2.05, 4.69) is 19.1 Å². The van der Waals surface area contributed by atoms with Gasteiger partial charge < -0.3 is 0 Å². The van der Waals surface area contributed by atoms with Gasteiger partial charge in [0.1, 0.15) is 11.6 Å². The molecule has 3 aliphatic carbocycles. The van der Waals surface area contributed by atoms with Crippen LogP contribution >= 0.6 is 0 Å². The maximum absolute atomic E-state index is 13.6. The molecular weight excluding hydrogens is 314 g/mol. The highest BCUT2D eigenvalue weighted by Crippen LogP contribution is 2.54. The van der Waals surface area contributed by atoms with Gasteiger partial charge in [-0.1, -0.05) is 12.2 Å². The van der Waals surface area contributed by atoms with Crippen LogP contribution in [0.1, 0.15) is 69.8 Å². The lowest BCUT2D eigenvalue weighted by atomic mass is 9.55. The Morgan fingerprint density at radius 2 is 1.44 bits per heavy atom. The first kappa shape index (κ1) is 17.2. The molecule has 3 saturated carbocycles. The molecule has 4 rings (SSSR count). The number of hydrogen-bond donors (Lipinski definition) is 0. The number of hydrogen-bond acceptors (Lipinski definition) is 0. The summed E-state index contributed by atoms with van der Waals surface area (Å²) >= 11 is 0. The number of halogens is 2. The third-order valence-electron chi connectivity index (χ3n) is 7.40. The molecule has 0 spiro atoms. The van der Waals surface area contributed by atoms with E-state index in [1.165, 1.54) is 38.5 Å². The van der Waals surface area contributed by atoms with Crippen molar-refractivity contribution in [3.63, 3.8) is 0 Å². The van der Waals surface area contributed by atoms with E-state index in [0.29, 0.717) is 5.92 Å². The monoisotopic (exact) mass is 344 g/mol. The standard InChI is InChI=1S/C23H30F2/c1-2-3-15-4-8-22-17(10-15)5-6-18-11-16(7-9-23(18)22)19-12-20(24)14-21(25)13-19/h2-3,12-18,22-23H,4-11H2,1H3. The fraction of sp³-hybridized carbons (Fsp3) is 0.652. The van der Waals surface area contributed by atoms with E-state index in [4.69, 9.17) is 0 Å². The maximum Gasteiger partial charge on any atom is 0.126 e. The molecule has 0 aromatic heterocycles. The molecule has 3 fully saturated rings. The summed E-state index contributed by atoms with van der Waals surface area (Å²) in [6, 6.07) is 4.10. The zero-order chi connectivity index (χ0) is 17.4. The third-order valence-corrected chi connectivity index (χ3v) is 7.40. The van der Waals surface area contributed by atoms with Crippen LogP contribution < -0.4 is 0 Å². The lowest BCUT2D eigenvalue weighted by Crippen LogP contribution is -2.41. The minimum absolute atomic E-state index is 0.349. The van der Waals surface area contributed by atoms with Crippen molar-refractivity contribution in [3.05, 3.63) is 47.5 Å². The molecule has 0 N–H and O–H groups in total. The molecule has 6 unspecified atom stereocenters. The highest BCUT2D eigenvalue weighted by atomic mass is 19.1. The number of rotatable bonds is 2. The SMILES string of the molecule is CC=CC1CCC2C(CCC3CC(c4cc(F)cc(F)c4)CCC32)C1. The topological polar surface area (TPSA) is 0 Å². The van der Waals surface area contributed by atoms with Crippen molar-refractivity contribution >= 4 is 0 Å². The van der Waals surface area contributed by atoms with Gasteiger partial charge >= 0.3 is 0 Å². The van der Waals surface area contributed by atoms with Crippen LogP contribution in [0.2, 0.25) is 0 Å². The van der Waals surface area contributed by atoms with Crippen LogP contribution in [-0.2, 0) is 0 Å². The molecule has 25 heavy (non-hydrogen) atoms. The number of benzene rings is 1. The molecule has 0 bridgehead atoms. The highest BCUT2D eigenvalue weighted by molar-refractivity contribution is 5.23. The molecule has 0 heterocycles. The summed E-state index contributed by atoms with van der Waals surface area (Å²) in [6.07, 6.45) is 14.9. The van der Waals surface area contributed by atoms with Crippen molar-refractivity contribution in [1.29, 1.82) is 0 Å². The predicted octanol–water partition coefficient (Wildman–Crippen LogP) is 6.87. The summed E-state index contributed by atoms with van der Waals surface area (Å²) < 4.78 is 27.2. The highest BCUT2D eigenvalue weighted by Gasteiger charge is 2.44. The van der Waals surface area contributed by atoms with Crippen LogP contribution in [0, 0.1) is 41.2 Å². The van der Waals surface area contributed by atoms with Gasteiger partial charge in [0, 0.05) is 6.07 Å². The number of fused-ring (bicyclic) bond motifs is 3. The fourth-order valence-corrected chi connectivity index (χ4v) is 6.39. The van der Waals surface area contributed by atoms with E-state index >= 15 is 0 Å². The zero-order valence-corrected chi connectivity index (χ0v) is 15.3. The Morgan fingerprint density at radius 3 is 2.12 bits per heavy atom. The van der Waals surface area contributed by atoms with Gasteiger partial charge in [0.05, 0.1) is 0 Å². The third kappa shape index (κ3) is 3.55. The van der Waals surface area contributed by atoms with E-state index in [9.17, 15) is 8.78 Å². The van der Waals surface area contributed by atoms with Crippen LogP contribution in [0.15, 0.2) is 30.4 Å². The van der Waals surface area contributed by atoms with Crippen molar-refractivity contribution < 1.29 is 8.78 Å². The van der Waals surface area contributed by atoms with Crippen LogP contribution in [0.4, 0.5) is 8.78 Å². The van der Waals surface area contributed by atoms with E-state index in [1.807, 2.05) is 0 Å². The summed E-state index contributed by atoms with van der Waals surface area (Å²) in [5.41, 5.74) is 0.884. The summed E-state index contributed by atoms with van der Waals surface area (Å²) in [5, 5.41) is 0. The first-order valence-corrected chi connectivity index (χ1v) is 10.2. The van der Waals surface area contributed by atoms with E-state index < -0.39 is 11.6 Å². The molecule has 0 saturated heterocycles. The average molecular weight is 344 g/mol. The molecule has 1 aromatic carbocycles. The average Bonchev–Trinajstić information content (AvgIpc) is 2.60. The molecule has 136 valence electrons. The summed E-state index contributed by atoms with van der Waals surface area (Å²) in [7, 11) is 0. The molecule has 0 amide bonds. The first-order chi connectivity index (χ1) is 12.1. The maximum atomic E-state index is 13.6. The molecule has 6 atom stereocenters. The summed E-state index contributed by atoms with van der Waals surface area (Å²) in [6.45, 7) is 2.14. The van der Waals surface area contributed by atoms with Gasteiger partial charge in [0.15, 0.2) is 0 Å². The Labute approximate surface area is 150 Å². The van der Waals surface area contributed by atoms with Crippen molar-refractivity contribution in [3.8, 4) is 0 Å². The molecule has 3 aliphatic rings. The molecule has 0 nitrogen and oxygen atoms in total. The Bertz CT molecular complexity index is 615. The first-order valence-electron chi connectivity index (χ1n) is 10.2. The molecule has 0 aliphatic heterocycles. The molecular formula is C23H30F2. The normalized spacial score (nSPS) is 38.4. The predicted molar refractivity (Wildman–Crippen MR) is 98.3 cm³/mol. The van der Waals surface area contributed by atoms with Gasteiger partial charge in [0.25, 0.3) is 0 Å². The lowest BCUT2D eigenvalue weighted by molar-refractivity contribution is 0.0127. The van der Waals surface area contributed by atoms with Gasteiger partial charge in [-0.05, 0) is 111 Å². The second kappa shape index (κ2) is 7.21. The smallest absolute Gasteiger partial charge is 0.126 e. The summed E-state index contributed by atoms with van der Waals surface area (Å²) in [4.78, 5) is 0. The molecule has 1 aromatic rings. The van der Waals surface area contributed by atoms with E-state index in [0.717, 1.165) is 54.1 Å². The second-order valence-corrected chi connectivity index (χ2v) is 8.74. The van der Waals surface area contributed by atoms with Gasteiger partial charge in [-0.15, -0.1) is 0 Å². The van der Waals surface area contributed by atoms with E-state index in [1.54, 1.807) is 12.1 Å². The molecule has 2 heteroatoms. The zero-order valence-electron chi connectivity index (χ0n) is 15.3. The van der Waals surface area contributed by atoms with Gasteiger partial charge in [-0.25, -0.2) is 8.78 Å². The fourth-order valence-electron chi connectivity index (χ4n) is 6.39. The Morgan fingerprint density at radius 1 is 0.800 bits per heavy atom. The van der Waals surface area contributed by atoms with Gasteiger partial charge in [0.2, 0.25) is 0 Å². The number of allylic oxidation sites excluding steroid dienone is 2. The van der Waals surface area contributed by atoms with Crippen LogP contribution in [0.25, 0.3) is 0 Å². The Balaban J connectivity index is 1.44. The molecule has 0 radical (unpaired) electrons. The minimum Gasteiger partial charge on any atom is -0.207 e. The van der Waals surface area contributed by atoms with Crippen molar-refractivity contribution in [2.24, 2.45) is 29.6 Å². The van der Waals surface area contributed by atoms with Gasteiger partial charge in [-0.3, -0.25) is 0 Å². The van der Waals surface area contributed by atoms with E-state index in [-0.39, 0.29) is 0 Å². The Hall–Kier alpha value is -1.18. The second-order valence-electron chi connectivity index (χ2n) is 8.74. The van der Waals surface area contributed by atoms with Crippen molar-refractivity contribution in [2.45, 2.75) is 64.2 Å². The van der Waals surface area contributed by atoms with Crippen molar-refractivity contribution in [1.82, 2.24) is 0 Å². The minimum atomic E-state index is -0.428. The van der Waals surface area contributed by atoms with Crippen molar-refractivity contribution in [2.75, 3.05) is 0 Å². The van der Waals surface area contributed by atoms with Crippen LogP contribution in [0.5, 0.6) is 0 Å². The largest absolute Gasteiger partial charge is 0.207 e. The lowest BCUT2D eigenvalue weighted by Gasteiger charge is -2.50. The van der Waals surface area contributed by atoms with Crippen LogP contribution in [0.3, 0.4) is 0 Å². The summed E-state index contributed by atoms with van der Waals surface area (Å²) in [5.74, 6) is 3.75. The quantitative estimate of drug-likeness (QED) is 0.514.